The van der Waals surface area contributed by atoms with Crippen LogP contribution in [0.2, 0.25) is 0 Å². The molecule has 0 rings (SSSR count). The molecule has 0 spiro atoms. The van der Waals surface area contributed by atoms with E-state index < -0.39 is 30.6 Å². The minimum atomic E-state index is -0.996. The van der Waals surface area contributed by atoms with Crippen LogP contribution in [0.1, 0.15) is 33.1 Å². The van der Waals surface area contributed by atoms with E-state index in [1.807, 2.05) is 13.8 Å². The summed E-state index contributed by atoms with van der Waals surface area (Å²) in [6.07, 6.45) is 6.69. The van der Waals surface area contributed by atoms with E-state index in [1.54, 1.807) is 19.0 Å². The Bertz CT molecular complexity index is 840. The maximum Gasteiger partial charge on any atom is 0.330 e. The average molecular weight is 647 g/mol. The number of amides is 2. The summed E-state index contributed by atoms with van der Waals surface area (Å²) in [5, 5.41) is 33.5. The van der Waals surface area contributed by atoms with Crippen molar-refractivity contribution in [3.63, 3.8) is 0 Å². The number of aliphatic hydroxyl groups excluding tert-OH is 4. The molecule has 45 heavy (non-hydrogen) atoms. The highest BCUT2D eigenvalue weighted by molar-refractivity contribution is 5.87. The van der Waals surface area contributed by atoms with Crippen LogP contribution >= 0.6 is 0 Å². The molecule has 260 valence electrons. The van der Waals surface area contributed by atoms with Gasteiger partial charge in [0, 0.05) is 65.0 Å². The SMILES string of the molecule is C=CC(=O)N(C)C.C=CC(=O)N(CC)CC.C=CC(=O)OCC(O)CO.C=CC(=O)OCCCCO.C=CC(=O)OCCCO. The van der Waals surface area contributed by atoms with Crippen LogP contribution in [0, 0.1) is 0 Å². The number of esters is 3. The third-order valence-electron chi connectivity index (χ3n) is 4.34. The molecule has 2 amide bonds. The summed E-state index contributed by atoms with van der Waals surface area (Å²) in [7, 11) is 3.37. The molecule has 0 heterocycles. The van der Waals surface area contributed by atoms with Crippen molar-refractivity contribution in [3.8, 4) is 0 Å². The van der Waals surface area contributed by atoms with E-state index >= 15 is 0 Å². The van der Waals surface area contributed by atoms with Gasteiger partial charge in [-0.25, -0.2) is 14.4 Å². The first-order chi connectivity index (χ1) is 21.3. The van der Waals surface area contributed by atoms with Crippen molar-refractivity contribution in [1.82, 2.24) is 9.80 Å². The molecule has 0 aromatic rings. The van der Waals surface area contributed by atoms with E-state index in [2.05, 4.69) is 47.1 Å². The number of carbonyl (C=O) groups is 5. The summed E-state index contributed by atoms with van der Waals surface area (Å²) < 4.78 is 13.5. The first kappa shape index (κ1) is 50.5. The summed E-state index contributed by atoms with van der Waals surface area (Å²) in [5.41, 5.74) is 0. The van der Waals surface area contributed by atoms with Gasteiger partial charge in [0.15, 0.2) is 0 Å². The minimum Gasteiger partial charge on any atom is -0.463 e. The number of aliphatic hydroxyl groups is 4. The molecule has 4 N–H and O–H groups in total. The summed E-state index contributed by atoms with van der Waals surface area (Å²) in [6.45, 7) is 21.9. The van der Waals surface area contributed by atoms with Gasteiger partial charge in [0.25, 0.3) is 0 Å². The number of ether oxygens (including phenoxy) is 3. The zero-order chi connectivity index (χ0) is 36.1. The highest BCUT2D eigenvalue weighted by Gasteiger charge is 2.03. The topological polar surface area (TPSA) is 200 Å². The summed E-state index contributed by atoms with van der Waals surface area (Å²) >= 11 is 0. The van der Waals surface area contributed by atoms with Crippen LogP contribution in [0.3, 0.4) is 0 Å². The van der Waals surface area contributed by atoms with Gasteiger partial charge in [0.2, 0.25) is 11.8 Å². The predicted octanol–water partition coefficient (Wildman–Crippen LogP) is 0.956. The molecule has 0 aromatic heterocycles. The summed E-state index contributed by atoms with van der Waals surface area (Å²) in [4.78, 5) is 55.2. The number of hydrogen-bond donors (Lipinski definition) is 4. The molecule has 0 aliphatic heterocycles. The lowest BCUT2D eigenvalue weighted by Gasteiger charge is -2.15. The Morgan fingerprint density at radius 1 is 0.644 bits per heavy atom. The molecule has 1 unspecified atom stereocenters. The second-order valence-electron chi connectivity index (χ2n) is 8.07. The van der Waals surface area contributed by atoms with Gasteiger partial charge in [-0.2, -0.15) is 0 Å². The average Bonchev–Trinajstić information content (AvgIpc) is 3.06. The molecule has 1 atom stereocenters. The fraction of sp³-hybridized carbons (Fsp3) is 0.516. The van der Waals surface area contributed by atoms with Crippen molar-refractivity contribution in [2.24, 2.45) is 0 Å². The van der Waals surface area contributed by atoms with Crippen molar-refractivity contribution in [1.29, 1.82) is 0 Å². The zero-order valence-electron chi connectivity index (χ0n) is 27.2. The van der Waals surface area contributed by atoms with E-state index in [0.29, 0.717) is 25.9 Å². The van der Waals surface area contributed by atoms with Crippen molar-refractivity contribution in [2.45, 2.75) is 39.2 Å². The number of likely N-dealkylation sites (N-methyl/N-ethyl adjacent to an activating group) is 2. The summed E-state index contributed by atoms with van der Waals surface area (Å²) in [6, 6.07) is 0. The largest absolute Gasteiger partial charge is 0.463 e. The fourth-order valence-corrected chi connectivity index (χ4v) is 1.88. The molecule has 0 bridgehead atoms. The van der Waals surface area contributed by atoms with Crippen LogP contribution in [0.5, 0.6) is 0 Å². The van der Waals surface area contributed by atoms with Crippen molar-refractivity contribution >= 4 is 29.7 Å². The first-order valence-corrected chi connectivity index (χ1v) is 13.9. The maximum absolute atomic E-state index is 10.8. The molecule has 14 heteroatoms. The molecular formula is C31H54N2O12. The number of carbonyl (C=O) groups excluding carboxylic acids is 5. The van der Waals surface area contributed by atoms with Crippen LogP contribution in [-0.2, 0) is 38.2 Å². The number of hydrogen-bond acceptors (Lipinski definition) is 12. The smallest absolute Gasteiger partial charge is 0.330 e. The quantitative estimate of drug-likeness (QED) is 0.0756. The highest BCUT2D eigenvalue weighted by atomic mass is 16.5. The van der Waals surface area contributed by atoms with E-state index in [9.17, 15) is 24.0 Å². The first-order valence-electron chi connectivity index (χ1n) is 13.9. The molecule has 14 nitrogen and oxygen atoms in total. The predicted molar refractivity (Wildman–Crippen MR) is 172 cm³/mol. The molecule has 0 saturated carbocycles. The van der Waals surface area contributed by atoms with Gasteiger partial charge in [-0.05, 0) is 38.8 Å². The van der Waals surface area contributed by atoms with Crippen molar-refractivity contribution < 1.29 is 58.6 Å². The van der Waals surface area contributed by atoms with E-state index in [4.69, 9.17) is 20.4 Å². The zero-order valence-corrected chi connectivity index (χ0v) is 27.2. The third kappa shape index (κ3) is 44.5. The Morgan fingerprint density at radius 2 is 1.04 bits per heavy atom. The van der Waals surface area contributed by atoms with Crippen LogP contribution in [-0.4, -0.2) is 133 Å². The second-order valence-corrected chi connectivity index (χ2v) is 8.07. The minimum absolute atomic E-state index is 0.0139. The molecule has 0 fully saturated rings. The van der Waals surface area contributed by atoms with E-state index in [0.717, 1.165) is 31.3 Å². The Kier molecular flexibility index (Phi) is 44.8. The van der Waals surface area contributed by atoms with Gasteiger partial charge < -0.3 is 44.4 Å². The Hall–Kier alpha value is -4.11. The van der Waals surface area contributed by atoms with Crippen LogP contribution in [0.25, 0.3) is 0 Å². The monoisotopic (exact) mass is 646 g/mol. The molecular weight excluding hydrogens is 592 g/mol. The van der Waals surface area contributed by atoms with Crippen LogP contribution in [0.15, 0.2) is 63.3 Å². The van der Waals surface area contributed by atoms with Crippen LogP contribution in [0.4, 0.5) is 0 Å². The second kappa shape index (κ2) is 39.9. The molecule has 0 aliphatic rings. The number of unbranched alkanes of at least 4 members (excludes halogenated alkanes) is 1. The standard InChI is InChI=1S/C7H13NO.C7H12O3.C6H10O4.C6H10O3.C5H9NO/c1-4-7(9)8(5-2)6-3;1-2-7(9)10-6-4-3-5-8;1-2-6(9)10-4-5(8)3-7;1-2-6(8)9-5-3-4-7;1-4-5(7)6(2)3/h4H,1,5-6H2,2-3H3;2,8H,1,3-6H2;2,5,7-8H,1,3-4H2;2,7H,1,3-5H2;4H,1H2,2-3H3. The van der Waals surface area contributed by atoms with Gasteiger partial charge >= 0.3 is 17.9 Å². The van der Waals surface area contributed by atoms with Crippen LogP contribution < -0.4 is 0 Å². The van der Waals surface area contributed by atoms with E-state index in [-0.39, 0.29) is 38.2 Å². The Labute approximate surface area is 267 Å². The van der Waals surface area contributed by atoms with Crippen molar-refractivity contribution in [3.05, 3.63) is 63.3 Å². The third-order valence-corrected chi connectivity index (χ3v) is 4.34. The molecule has 0 radical (unpaired) electrons. The Morgan fingerprint density at radius 3 is 1.31 bits per heavy atom. The molecule has 0 saturated heterocycles. The summed E-state index contributed by atoms with van der Waals surface area (Å²) in [5.74, 6) is -1.49. The van der Waals surface area contributed by atoms with E-state index in [1.165, 1.54) is 17.1 Å². The Balaban J connectivity index is -0.000000149. The lowest BCUT2D eigenvalue weighted by Crippen LogP contribution is -2.28. The lowest BCUT2D eigenvalue weighted by molar-refractivity contribution is -0.141. The normalized spacial score (nSPS) is 9.33. The molecule has 0 aliphatic carbocycles. The lowest BCUT2D eigenvalue weighted by atomic mass is 10.3. The highest BCUT2D eigenvalue weighted by Crippen LogP contribution is 1.89. The van der Waals surface area contributed by atoms with Gasteiger partial charge in [0.05, 0.1) is 19.8 Å². The molecule has 0 aromatic carbocycles. The van der Waals surface area contributed by atoms with Gasteiger partial charge in [0.1, 0.15) is 12.7 Å². The van der Waals surface area contributed by atoms with Gasteiger partial charge in [-0.1, -0.05) is 32.9 Å². The van der Waals surface area contributed by atoms with Gasteiger partial charge in [-0.15, -0.1) is 0 Å². The van der Waals surface area contributed by atoms with Crippen molar-refractivity contribution in [2.75, 3.05) is 66.8 Å². The number of rotatable bonds is 17. The fourth-order valence-electron chi connectivity index (χ4n) is 1.88. The number of nitrogens with zero attached hydrogens (tertiary/aromatic N) is 2. The maximum atomic E-state index is 10.8. The van der Waals surface area contributed by atoms with Gasteiger partial charge in [-0.3, -0.25) is 9.59 Å².